The van der Waals surface area contributed by atoms with Gasteiger partial charge in [0.2, 0.25) is 0 Å². The molecular weight excluding hydrogens is 418 g/mol. The molecule has 31 heavy (non-hydrogen) atoms. The van der Waals surface area contributed by atoms with E-state index in [1.54, 1.807) is 24.5 Å². The van der Waals surface area contributed by atoms with Gasteiger partial charge in [0, 0.05) is 34.5 Å². The molecule has 156 valence electrons. The number of halogens is 3. The zero-order chi connectivity index (χ0) is 22.0. The molecule has 0 radical (unpaired) electrons. The van der Waals surface area contributed by atoms with E-state index in [4.69, 9.17) is 16.6 Å². The van der Waals surface area contributed by atoms with Crippen molar-refractivity contribution >= 4 is 34.0 Å². The smallest absolute Gasteiger partial charge is 0.163 e. The van der Waals surface area contributed by atoms with E-state index in [1.165, 1.54) is 12.1 Å². The summed E-state index contributed by atoms with van der Waals surface area (Å²) in [4.78, 5) is 13.5. The molecule has 0 amide bonds. The van der Waals surface area contributed by atoms with Gasteiger partial charge in [-0.1, -0.05) is 30.7 Å². The summed E-state index contributed by atoms with van der Waals surface area (Å²) in [6, 6.07) is 12.5. The number of fused-ring (bicyclic) bond motifs is 1. The van der Waals surface area contributed by atoms with Gasteiger partial charge in [0.05, 0.1) is 16.7 Å². The minimum Gasteiger partial charge on any atom is -0.339 e. The molecule has 0 atom stereocenters. The summed E-state index contributed by atoms with van der Waals surface area (Å²) in [6.07, 6.45) is 3.97. The Bertz CT molecular complexity index is 1280. The maximum Gasteiger partial charge on any atom is 0.163 e. The predicted octanol–water partition coefficient (Wildman–Crippen LogP) is 6.88. The molecule has 0 aliphatic carbocycles. The number of pyridine rings is 1. The second-order valence-electron chi connectivity index (χ2n) is 7.06. The molecule has 7 heteroatoms. The Labute approximate surface area is 183 Å². The number of allylic oxidation sites excluding steroid dienone is 1. The van der Waals surface area contributed by atoms with Crippen LogP contribution >= 0.6 is 11.6 Å². The van der Waals surface area contributed by atoms with Crippen molar-refractivity contribution in [1.29, 1.82) is 0 Å². The number of anilines is 1. The molecule has 0 unspecified atom stereocenters. The van der Waals surface area contributed by atoms with E-state index < -0.39 is 11.6 Å². The van der Waals surface area contributed by atoms with E-state index in [1.807, 2.05) is 32.0 Å². The maximum absolute atomic E-state index is 13.9. The summed E-state index contributed by atoms with van der Waals surface area (Å²) in [5.41, 5.74) is 3.20. The number of nitrogens with zero attached hydrogens (tertiary/aromatic N) is 3. The second kappa shape index (κ2) is 8.78. The first-order valence-corrected chi connectivity index (χ1v) is 10.1. The normalized spacial score (nSPS) is 12.0. The van der Waals surface area contributed by atoms with Gasteiger partial charge in [-0.15, -0.1) is 0 Å². The zero-order valence-electron chi connectivity index (χ0n) is 17.0. The van der Waals surface area contributed by atoms with Crippen molar-refractivity contribution in [2.45, 2.75) is 20.3 Å². The third-order valence-corrected chi connectivity index (χ3v) is 5.30. The van der Waals surface area contributed by atoms with Crippen LogP contribution in [-0.4, -0.2) is 15.0 Å². The van der Waals surface area contributed by atoms with E-state index in [9.17, 15) is 8.78 Å². The van der Waals surface area contributed by atoms with Crippen LogP contribution in [0.15, 0.2) is 66.5 Å². The molecule has 4 nitrogen and oxygen atoms in total. The third kappa shape index (κ3) is 4.39. The highest BCUT2D eigenvalue weighted by Crippen LogP contribution is 2.31. The minimum absolute atomic E-state index is 0.400. The molecule has 4 rings (SSSR count). The highest BCUT2D eigenvalue weighted by atomic mass is 35.5. The zero-order valence-corrected chi connectivity index (χ0v) is 17.7. The van der Waals surface area contributed by atoms with Crippen LogP contribution in [0.3, 0.4) is 0 Å². The van der Waals surface area contributed by atoms with Crippen LogP contribution in [0.2, 0.25) is 5.02 Å². The molecule has 0 saturated carbocycles. The highest BCUT2D eigenvalue weighted by molar-refractivity contribution is 6.33. The number of rotatable bonds is 5. The first-order valence-electron chi connectivity index (χ1n) is 9.76. The molecule has 0 aliphatic rings. The van der Waals surface area contributed by atoms with Crippen LogP contribution in [0.1, 0.15) is 25.8 Å². The van der Waals surface area contributed by atoms with Crippen molar-refractivity contribution in [2.24, 2.45) is 0 Å². The molecule has 0 bridgehead atoms. The van der Waals surface area contributed by atoms with E-state index in [0.717, 1.165) is 17.0 Å². The number of aromatic nitrogens is 3. The lowest BCUT2D eigenvalue weighted by Gasteiger charge is -2.17. The Hall–Kier alpha value is -3.38. The summed E-state index contributed by atoms with van der Waals surface area (Å²) < 4.78 is 27.9. The number of hydrogen-bond acceptors (Lipinski definition) is 4. The van der Waals surface area contributed by atoms with Crippen molar-refractivity contribution in [3.63, 3.8) is 0 Å². The standard InChI is InChI=1S/C24H19ClF2N4/c1-3-14(2)22(15-10-16(26)12-17(27)11-15)30-24-19-8-9-28-13-21(19)29-23(31-24)18-6-4-5-7-20(18)25/h4-13H,3H2,1-2H3,(H,29,30,31)/b22-14-. The predicted molar refractivity (Wildman–Crippen MR) is 121 cm³/mol. The molecule has 0 fully saturated rings. The molecule has 0 saturated heterocycles. The summed E-state index contributed by atoms with van der Waals surface area (Å²) in [5, 5.41) is 4.54. The SMILES string of the molecule is CC/C(C)=C(\Nc1nc(-c2ccccc2Cl)nc2cnccc12)c1cc(F)cc(F)c1. The molecule has 2 aromatic carbocycles. The van der Waals surface area contributed by atoms with E-state index >= 15 is 0 Å². The van der Waals surface area contributed by atoms with Gasteiger partial charge >= 0.3 is 0 Å². The number of benzene rings is 2. The Kier molecular flexibility index (Phi) is 5.91. The monoisotopic (exact) mass is 436 g/mol. The molecular formula is C24H19ClF2N4. The quantitative estimate of drug-likeness (QED) is 0.370. The largest absolute Gasteiger partial charge is 0.339 e. The summed E-state index contributed by atoms with van der Waals surface area (Å²) in [5.74, 6) is -0.374. The van der Waals surface area contributed by atoms with Crippen LogP contribution < -0.4 is 5.32 Å². The topological polar surface area (TPSA) is 50.7 Å². The van der Waals surface area contributed by atoms with Crippen molar-refractivity contribution in [3.8, 4) is 11.4 Å². The summed E-state index contributed by atoms with van der Waals surface area (Å²) >= 11 is 6.36. The van der Waals surface area contributed by atoms with Crippen LogP contribution in [0, 0.1) is 11.6 Å². The highest BCUT2D eigenvalue weighted by Gasteiger charge is 2.15. The molecule has 1 N–H and O–H groups in total. The first-order chi connectivity index (χ1) is 15.0. The Morgan fingerprint density at radius 3 is 2.48 bits per heavy atom. The lowest BCUT2D eigenvalue weighted by Crippen LogP contribution is -2.07. The molecule has 0 aliphatic heterocycles. The summed E-state index contributed by atoms with van der Waals surface area (Å²) in [6.45, 7) is 3.88. The minimum atomic E-state index is -0.647. The van der Waals surface area contributed by atoms with E-state index in [0.29, 0.717) is 45.4 Å². The van der Waals surface area contributed by atoms with Crippen molar-refractivity contribution < 1.29 is 8.78 Å². The average Bonchev–Trinajstić information content (AvgIpc) is 2.76. The van der Waals surface area contributed by atoms with Crippen LogP contribution in [-0.2, 0) is 0 Å². The van der Waals surface area contributed by atoms with Crippen LogP contribution in [0.25, 0.3) is 28.0 Å². The van der Waals surface area contributed by atoms with Gasteiger partial charge in [0.25, 0.3) is 0 Å². The van der Waals surface area contributed by atoms with Gasteiger partial charge in [-0.25, -0.2) is 18.7 Å². The fraction of sp³-hybridized carbons (Fsp3) is 0.125. The lowest BCUT2D eigenvalue weighted by molar-refractivity contribution is 0.582. The maximum atomic E-state index is 13.9. The molecule has 2 aromatic heterocycles. The number of nitrogens with one attached hydrogen (secondary N) is 1. The van der Waals surface area contributed by atoms with Gasteiger partial charge < -0.3 is 5.32 Å². The van der Waals surface area contributed by atoms with E-state index in [2.05, 4.69) is 15.3 Å². The summed E-state index contributed by atoms with van der Waals surface area (Å²) in [7, 11) is 0. The Morgan fingerprint density at radius 1 is 1.03 bits per heavy atom. The first kappa shape index (κ1) is 20.9. The van der Waals surface area contributed by atoms with Crippen molar-refractivity contribution in [3.05, 3.63) is 88.7 Å². The second-order valence-corrected chi connectivity index (χ2v) is 7.47. The van der Waals surface area contributed by atoms with Crippen LogP contribution in [0.4, 0.5) is 14.6 Å². The van der Waals surface area contributed by atoms with Gasteiger partial charge in [-0.05, 0) is 49.2 Å². The van der Waals surface area contributed by atoms with Crippen molar-refractivity contribution in [2.75, 3.05) is 5.32 Å². The Morgan fingerprint density at radius 2 is 1.77 bits per heavy atom. The number of hydrogen-bond donors (Lipinski definition) is 1. The molecule has 0 spiro atoms. The molecule has 4 aromatic rings. The van der Waals surface area contributed by atoms with Gasteiger partial charge in [0.1, 0.15) is 17.5 Å². The Balaban J connectivity index is 1.90. The van der Waals surface area contributed by atoms with Gasteiger partial charge in [0.15, 0.2) is 5.82 Å². The third-order valence-electron chi connectivity index (χ3n) is 4.97. The average molecular weight is 437 g/mol. The van der Waals surface area contributed by atoms with Crippen molar-refractivity contribution in [1.82, 2.24) is 15.0 Å². The lowest BCUT2D eigenvalue weighted by atomic mass is 10.0. The molecule has 2 heterocycles. The van der Waals surface area contributed by atoms with Gasteiger partial charge in [-0.3, -0.25) is 4.98 Å². The van der Waals surface area contributed by atoms with Gasteiger partial charge in [-0.2, -0.15) is 0 Å². The van der Waals surface area contributed by atoms with E-state index in [-0.39, 0.29) is 0 Å². The fourth-order valence-corrected chi connectivity index (χ4v) is 3.48. The fourth-order valence-electron chi connectivity index (χ4n) is 3.26. The van der Waals surface area contributed by atoms with Crippen LogP contribution in [0.5, 0.6) is 0 Å².